The highest BCUT2D eigenvalue weighted by Crippen LogP contribution is 2.26. The third-order valence-corrected chi connectivity index (χ3v) is 3.98. The van der Waals surface area contributed by atoms with E-state index in [1.807, 2.05) is 0 Å². The molecule has 0 spiro atoms. The van der Waals surface area contributed by atoms with Crippen molar-refractivity contribution in [3.05, 3.63) is 65.0 Å². The number of hydrogen-bond donors (Lipinski definition) is 1. The molecule has 0 aromatic heterocycles. The molecule has 0 saturated heterocycles. The van der Waals surface area contributed by atoms with Gasteiger partial charge in [-0.05, 0) is 31.2 Å². The van der Waals surface area contributed by atoms with Crippen molar-refractivity contribution in [1.29, 1.82) is 0 Å². The van der Waals surface area contributed by atoms with Crippen molar-refractivity contribution >= 4 is 12.0 Å². The summed E-state index contributed by atoms with van der Waals surface area (Å²) in [5, 5.41) is 2.53. The first kappa shape index (κ1) is 17.8. The predicted octanol–water partition coefficient (Wildman–Crippen LogP) is 3.30. The highest BCUT2D eigenvalue weighted by Gasteiger charge is 2.27. The van der Waals surface area contributed by atoms with Gasteiger partial charge in [-0.1, -0.05) is 6.07 Å². The fraction of sp³-hybridized carbons (Fsp3) is 0.222. The van der Waals surface area contributed by atoms with E-state index in [0.717, 1.165) is 17.0 Å². The zero-order chi connectivity index (χ0) is 18.8. The number of hydrogen-bond acceptors (Lipinski definition) is 3. The van der Waals surface area contributed by atoms with Crippen molar-refractivity contribution in [2.24, 2.45) is 0 Å². The normalized spacial score (nSPS) is 14.5. The third kappa shape index (κ3) is 3.79. The van der Waals surface area contributed by atoms with E-state index in [2.05, 4.69) is 5.32 Å². The fourth-order valence-electron chi connectivity index (χ4n) is 2.71. The average molecular weight is 364 g/mol. The van der Waals surface area contributed by atoms with E-state index in [9.17, 15) is 22.8 Å². The summed E-state index contributed by atoms with van der Waals surface area (Å²) in [7, 11) is 0. The van der Waals surface area contributed by atoms with Gasteiger partial charge in [0.05, 0.1) is 12.6 Å². The van der Waals surface area contributed by atoms with Crippen LogP contribution in [0, 0.1) is 17.5 Å². The lowest BCUT2D eigenvalue weighted by molar-refractivity contribution is -0.122. The molecule has 0 aliphatic carbocycles. The fourth-order valence-corrected chi connectivity index (χ4v) is 2.71. The summed E-state index contributed by atoms with van der Waals surface area (Å²) in [6, 6.07) is 6.08. The number of rotatable bonds is 4. The van der Waals surface area contributed by atoms with E-state index >= 15 is 0 Å². The number of nitrogens with one attached hydrogen (secondary N) is 1. The van der Waals surface area contributed by atoms with Gasteiger partial charge in [0.15, 0.2) is 0 Å². The molecule has 1 aliphatic rings. The maximum atomic E-state index is 13.8. The van der Waals surface area contributed by atoms with Crippen LogP contribution in [0.1, 0.15) is 24.1 Å². The Kier molecular flexibility index (Phi) is 4.83. The van der Waals surface area contributed by atoms with Crippen LogP contribution in [-0.4, -0.2) is 23.4 Å². The highest BCUT2D eigenvalue weighted by molar-refractivity contribution is 5.84. The third-order valence-electron chi connectivity index (χ3n) is 3.98. The van der Waals surface area contributed by atoms with Crippen LogP contribution in [0.25, 0.3) is 0 Å². The number of fused-ring (bicyclic) bond motifs is 1. The van der Waals surface area contributed by atoms with Crippen LogP contribution in [0.15, 0.2) is 36.4 Å². The second-order valence-electron chi connectivity index (χ2n) is 5.93. The topological polar surface area (TPSA) is 58.6 Å². The summed E-state index contributed by atoms with van der Waals surface area (Å²) in [6.45, 7) is 1.20. The van der Waals surface area contributed by atoms with Gasteiger partial charge in [0.25, 0.3) is 0 Å². The van der Waals surface area contributed by atoms with Crippen molar-refractivity contribution in [2.45, 2.75) is 19.5 Å². The molecule has 0 saturated carbocycles. The van der Waals surface area contributed by atoms with E-state index < -0.39 is 35.5 Å². The SMILES string of the molecule is C[C@@H](NC(=O)CN1Cc2cc(F)ccc2OC1=O)c1ccc(F)cc1F. The quantitative estimate of drug-likeness (QED) is 0.906. The highest BCUT2D eigenvalue weighted by atomic mass is 19.1. The number of carbonyl (C=O) groups is 2. The minimum Gasteiger partial charge on any atom is -0.410 e. The minimum absolute atomic E-state index is 0.0125. The van der Waals surface area contributed by atoms with E-state index in [4.69, 9.17) is 4.74 Å². The Morgan fingerprint density at radius 2 is 1.88 bits per heavy atom. The lowest BCUT2D eigenvalue weighted by atomic mass is 10.1. The molecule has 2 amide bonds. The molecular weight excluding hydrogens is 349 g/mol. The van der Waals surface area contributed by atoms with Crippen molar-refractivity contribution in [3.8, 4) is 5.75 Å². The summed E-state index contributed by atoms with van der Waals surface area (Å²) in [6.07, 6.45) is -0.736. The molecule has 1 aliphatic heterocycles. The van der Waals surface area contributed by atoms with Crippen LogP contribution < -0.4 is 10.1 Å². The van der Waals surface area contributed by atoms with E-state index in [1.165, 1.54) is 31.2 Å². The van der Waals surface area contributed by atoms with Gasteiger partial charge in [0.2, 0.25) is 5.91 Å². The van der Waals surface area contributed by atoms with Gasteiger partial charge in [-0.3, -0.25) is 9.69 Å². The summed E-state index contributed by atoms with van der Waals surface area (Å²) in [5.41, 5.74) is 0.559. The number of ether oxygens (including phenoxy) is 1. The number of carbonyl (C=O) groups excluding carboxylic acids is 2. The van der Waals surface area contributed by atoms with E-state index in [1.54, 1.807) is 0 Å². The van der Waals surface area contributed by atoms with Gasteiger partial charge in [-0.2, -0.15) is 0 Å². The zero-order valence-electron chi connectivity index (χ0n) is 13.8. The lowest BCUT2D eigenvalue weighted by Crippen LogP contribution is -2.44. The second-order valence-corrected chi connectivity index (χ2v) is 5.93. The average Bonchev–Trinajstić information content (AvgIpc) is 2.55. The predicted molar refractivity (Wildman–Crippen MR) is 85.7 cm³/mol. The van der Waals surface area contributed by atoms with Gasteiger partial charge < -0.3 is 10.1 Å². The van der Waals surface area contributed by atoms with Crippen molar-refractivity contribution in [3.63, 3.8) is 0 Å². The van der Waals surface area contributed by atoms with E-state index in [0.29, 0.717) is 5.56 Å². The Morgan fingerprint density at radius 3 is 2.62 bits per heavy atom. The monoisotopic (exact) mass is 364 g/mol. The van der Waals surface area contributed by atoms with Crippen LogP contribution in [0.3, 0.4) is 0 Å². The molecule has 2 aromatic rings. The molecule has 1 atom stereocenters. The Balaban J connectivity index is 1.65. The number of halogens is 3. The van der Waals surface area contributed by atoms with Crippen LogP contribution >= 0.6 is 0 Å². The molecule has 5 nitrogen and oxygen atoms in total. The number of benzene rings is 2. The second kappa shape index (κ2) is 7.07. The molecule has 2 aromatic carbocycles. The lowest BCUT2D eigenvalue weighted by Gasteiger charge is -2.28. The Bertz CT molecular complexity index is 873. The van der Waals surface area contributed by atoms with Crippen LogP contribution in [-0.2, 0) is 11.3 Å². The Morgan fingerprint density at radius 1 is 1.19 bits per heavy atom. The van der Waals surface area contributed by atoms with Gasteiger partial charge in [-0.25, -0.2) is 18.0 Å². The van der Waals surface area contributed by atoms with Crippen molar-refractivity contribution < 1.29 is 27.5 Å². The molecular formula is C18H15F3N2O3. The summed E-state index contributed by atoms with van der Waals surface area (Å²) in [5.74, 6) is -2.29. The summed E-state index contributed by atoms with van der Waals surface area (Å²) < 4.78 is 45.1. The van der Waals surface area contributed by atoms with Gasteiger partial charge in [0, 0.05) is 17.2 Å². The van der Waals surface area contributed by atoms with Gasteiger partial charge in [0.1, 0.15) is 29.7 Å². The van der Waals surface area contributed by atoms with E-state index in [-0.39, 0.29) is 24.4 Å². The van der Waals surface area contributed by atoms with Crippen LogP contribution in [0.5, 0.6) is 5.75 Å². The molecule has 3 rings (SSSR count). The van der Waals surface area contributed by atoms with Crippen LogP contribution in [0.2, 0.25) is 0 Å². The summed E-state index contributed by atoms with van der Waals surface area (Å²) >= 11 is 0. The molecule has 0 radical (unpaired) electrons. The minimum atomic E-state index is -0.778. The first-order valence-corrected chi connectivity index (χ1v) is 7.83. The number of nitrogens with zero attached hydrogens (tertiary/aromatic N) is 1. The largest absolute Gasteiger partial charge is 0.416 e. The van der Waals surface area contributed by atoms with Gasteiger partial charge >= 0.3 is 6.09 Å². The molecule has 0 unspecified atom stereocenters. The molecule has 1 N–H and O–H groups in total. The molecule has 8 heteroatoms. The smallest absolute Gasteiger partial charge is 0.410 e. The maximum absolute atomic E-state index is 13.8. The molecule has 0 fully saturated rings. The first-order chi connectivity index (χ1) is 12.3. The molecule has 1 heterocycles. The zero-order valence-corrected chi connectivity index (χ0v) is 13.8. The molecule has 26 heavy (non-hydrogen) atoms. The summed E-state index contributed by atoms with van der Waals surface area (Å²) in [4.78, 5) is 25.2. The maximum Gasteiger partial charge on any atom is 0.416 e. The van der Waals surface area contributed by atoms with Gasteiger partial charge in [-0.15, -0.1) is 0 Å². The first-order valence-electron chi connectivity index (χ1n) is 7.83. The Hall–Kier alpha value is -3.03. The molecule has 0 bridgehead atoms. The van der Waals surface area contributed by atoms with Crippen molar-refractivity contribution in [2.75, 3.05) is 6.54 Å². The standard InChI is InChI=1S/C18H15F3N2O3/c1-10(14-4-2-13(20)7-15(14)21)22-17(24)9-23-8-11-6-12(19)3-5-16(11)26-18(23)25/h2-7,10H,8-9H2,1H3,(H,22,24)/t10-/m1/s1. The van der Waals surface area contributed by atoms with Crippen LogP contribution in [0.4, 0.5) is 18.0 Å². The number of amides is 2. The Labute approximate surface area is 147 Å². The molecule has 136 valence electrons. The van der Waals surface area contributed by atoms with Crippen molar-refractivity contribution in [1.82, 2.24) is 10.2 Å².